The minimum atomic E-state index is -0.00987. The molecule has 1 heterocycles. The summed E-state index contributed by atoms with van der Waals surface area (Å²) in [5, 5.41) is 0. The molecule has 1 aliphatic heterocycles. The number of nitrogens with zero attached hydrogens (tertiary/aromatic N) is 2. The molecular formula is C26H32N2O3. The highest BCUT2D eigenvalue weighted by molar-refractivity contribution is 5.92. The first-order valence-electron chi connectivity index (χ1n) is 11.1. The van der Waals surface area contributed by atoms with Gasteiger partial charge in [-0.25, -0.2) is 0 Å². The van der Waals surface area contributed by atoms with Gasteiger partial charge in [0.2, 0.25) is 11.8 Å². The van der Waals surface area contributed by atoms with Crippen molar-refractivity contribution in [3.05, 3.63) is 71.8 Å². The Morgan fingerprint density at radius 2 is 1.74 bits per heavy atom. The number of likely N-dealkylation sites (tertiary alicyclic amines) is 1. The quantitative estimate of drug-likeness (QED) is 0.595. The Morgan fingerprint density at radius 3 is 2.42 bits per heavy atom. The standard InChI is InChI=1S/C26H32N2O3/c1-3-27(4-2)26(30)23-15-17-28(18-16-23)25(29)14-13-21-11-8-12-24(19-21)31-20-22-9-6-5-7-10-22/h5-14,19,23H,3-4,15-18,20H2,1-2H3/b14-13+. The van der Waals surface area contributed by atoms with E-state index in [-0.39, 0.29) is 17.7 Å². The molecule has 0 radical (unpaired) electrons. The number of hydrogen-bond acceptors (Lipinski definition) is 3. The molecule has 1 fully saturated rings. The van der Waals surface area contributed by atoms with Crippen LogP contribution in [0.15, 0.2) is 60.7 Å². The summed E-state index contributed by atoms with van der Waals surface area (Å²) in [6.45, 7) is 7.26. The van der Waals surface area contributed by atoms with Gasteiger partial charge in [0, 0.05) is 38.2 Å². The van der Waals surface area contributed by atoms with Gasteiger partial charge in [0.1, 0.15) is 12.4 Å². The zero-order valence-electron chi connectivity index (χ0n) is 18.5. The molecule has 0 spiro atoms. The van der Waals surface area contributed by atoms with E-state index in [2.05, 4.69) is 0 Å². The van der Waals surface area contributed by atoms with Crippen LogP contribution in [-0.4, -0.2) is 47.8 Å². The van der Waals surface area contributed by atoms with E-state index in [1.165, 1.54) is 0 Å². The van der Waals surface area contributed by atoms with Crippen LogP contribution in [0, 0.1) is 5.92 Å². The molecule has 5 heteroatoms. The maximum absolute atomic E-state index is 12.6. The van der Waals surface area contributed by atoms with Crippen LogP contribution in [0.2, 0.25) is 0 Å². The minimum Gasteiger partial charge on any atom is -0.489 e. The Hall–Kier alpha value is -3.08. The molecule has 5 nitrogen and oxygen atoms in total. The van der Waals surface area contributed by atoms with Crippen molar-refractivity contribution in [2.45, 2.75) is 33.3 Å². The molecule has 0 aromatic heterocycles. The van der Waals surface area contributed by atoms with Crippen LogP contribution in [0.3, 0.4) is 0 Å². The Balaban J connectivity index is 1.50. The summed E-state index contributed by atoms with van der Waals surface area (Å²) >= 11 is 0. The Bertz CT molecular complexity index is 883. The number of benzene rings is 2. The maximum Gasteiger partial charge on any atom is 0.246 e. The van der Waals surface area contributed by atoms with E-state index >= 15 is 0 Å². The fraction of sp³-hybridized carbons (Fsp3) is 0.385. The molecule has 1 aliphatic rings. The highest BCUT2D eigenvalue weighted by Crippen LogP contribution is 2.21. The molecule has 0 bridgehead atoms. The third-order valence-corrected chi connectivity index (χ3v) is 5.76. The number of piperidine rings is 1. The first-order valence-corrected chi connectivity index (χ1v) is 11.1. The van der Waals surface area contributed by atoms with E-state index in [4.69, 9.17) is 4.74 Å². The van der Waals surface area contributed by atoms with Crippen molar-refractivity contribution >= 4 is 17.9 Å². The lowest BCUT2D eigenvalue weighted by Crippen LogP contribution is -2.44. The van der Waals surface area contributed by atoms with E-state index in [0.29, 0.717) is 19.7 Å². The predicted octanol–water partition coefficient (Wildman–Crippen LogP) is 4.39. The largest absolute Gasteiger partial charge is 0.489 e. The summed E-state index contributed by atoms with van der Waals surface area (Å²) in [4.78, 5) is 28.8. The lowest BCUT2D eigenvalue weighted by Gasteiger charge is -2.33. The minimum absolute atomic E-state index is 0.00987. The van der Waals surface area contributed by atoms with Crippen LogP contribution in [0.25, 0.3) is 6.08 Å². The van der Waals surface area contributed by atoms with Crippen molar-refractivity contribution in [2.24, 2.45) is 5.92 Å². The van der Waals surface area contributed by atoms with Gasteiger partial charge in [0.15, 0.2) is 0 Å². The van der Waals surface area contributed by atoms with Gasteiger partial charge in [0.05, 0.1) is 0 Å². The number of hydrogen-bond donors (Lipinski definition) is 0. The van der Waals surface area contributed by atoms with E-state index in [0.717, 1.165) is 42.8 Å². The average Bonchev–Trinajstić information content (AvgIpc) is 2.83. The van der Waals surface area contributed by atoms with Crippen molar-refractivity contribution in [1.29, 1.82) is 0 Å². The third-order valence-electron chi connectivity index (χ3n) is 5.76. The molecule has 0 unspecified atom stereocenters. The third kappa shape index (κ3) is 6.45. The van der Waals surface area contributed by atoms with Gasteiger partial charge in [0.25, 0.3) is 0 Å². The monoisotopic (exact) mass is 420 g/mol. The van der Waals surface area contributed by atoms with E-state index < -0.39 is 0 Å². The van der Waals surface area contributed by atoms with Gasteiger partial charge < -0.3 is 14.5 Å². The van der Waals surface area contributed by atoms with Crippen molar-refractivity contribution < 1.29 is 14.3 Å². The lowest BCUT2D eigenvalue weighted by molar-refractivity contribution is -0.139. The number of ether oxygens (including phenoxy) is 1. The molecule has 0 aliphatic carbocycles. The smallest absolute Gasteiger partial charge is 0.246 e. The highest BCUT2D eigenvalue weighted by Gasteiger charge is 2.28. The maximum atomic E-state index is 12.6. The zero-order chi connectivity index (χ0) is 22.1. The summed E-state index contributed by atoms with van der Waals surface area (Å²) < 4.78 is 5.86. The summed E-state index contributed by atoms with van der Waals surface area (Å²) in [5.41, 5.74) is 2.03. The van der Waals surface area contributed by atoms with Crippen molar-refractivity contribution in [1.82, 2.24) is 9.80 Å². The van der Waals surface area contributed by atoms with Crippen LogP contribution < -0.4 is 4.74 Å². The topological polar surface area (TPSA) is 49.9 Å². The van der Waals surface area contributed by atoms with Crippen LogP contribution in [0.5, 0.6) is 5.75 Å². The normalized spacial score (nSPS) is 14.6. The van der Waals surface area contributed by atoms with Crippen LogP contribution in [0.4, 0.5) is 0 Å². The number of rotatable bonds is 8. The van der Waals surface area contributed by atoms with Gasteiger partial charge in [-0.3, -0.25) is 9.59 Å². The van der Waals surface area contributed by atoms with Crippen molar-refractivity contribution in [2.75, 3.05) is 26.2 Å². The molecule has 0 atom stereocenters. The molecule has 0 N–H and O–H groups in total. The highest BCUT2D eigenvalue weighted by atomic mass is 16.5. The van der Waals surface area contributed by atoms with Gasteiger partial charge in [-0.2, -0.15) is 0 Å². The fourth-order valence-corrected chi connectivity index (χ4v) is 3.86. The predicted molar refractivity (Wildman–Crippen MR) is 123 cm³/mol. The number of carbonyl (C=O) groups excluding carboxylic acids is 2. The SMILES string of the molecule is CCN(CC)C(=O)C1CCN(C(=O)/C=C/c2cccc(OCc3ccccc3)c2)CC1. The molecule has 31 heavy (non-hydrogen) atoms. The first kappa shape index (κ1) is 22.6. The molecule has 2 aromatic rings. The van der Waals surface area contributed by atoms with Gasteiger partial charge >= 0.3 is 0 Å². The van der Waals surface area contributed by atoms with Gasteiger partial charge in [-0.15, -0.1) is 0 Å². The molecule has 164 valence electrons. The summed E-state index contributed by atoms with van der Waals surface area (Å²) in [6, 6.07) is 17.8. The summed E-state index contributed by atoms with van der Waals surface area (Å²) in [5.74, 6) is 1.02. The molecule has 2 amide bonds. The molecule has 2 aromatic carbocycles. The summed E-state index contributed by atoms with van der Waals surface area (Å²) in [7, 11) is 0. The molecule has 1 saturated heterocycles. The first-order chi connectivity index (χ1) is 15.1. The Kier molecular flexibility index (Phi) is 8.27. The van der Waals surface area contributed by atoms with Crippen molar-refractivity contribution in [3.8, 4) is 5.75 Å². The van der Waals surface area contributed by atoms with E-state index in [1.807, 2.05) is 84.3 Å². The second-order valence-electron chi connectivity index (χ2n) is 7.79. The fourth-order valence-electron chi connectivity index (χ4n) is 3.86. The number of amides is 2. The van der Waals surface area contributed by atoms with Gasteiger partial charge in [-0.1, -0.05) is 42.5 Å². The van der Waals surface area contributed by atoms with Crippen LogP contribution in [-0.2, 0) is 16.2 Å². The average molecular weight is 421 g/mol. The molecular weight excluding hydrogens is 388 g/mol. The second kappa shape index (κ2) is 11.3. The second-order valence-corrected chi connectivity index (χ2v) is 7.79. The van der Waals surface area contributed by atoms with E-state index in [1.54, 1.807) is 6.08 Å². The van der Waals surface area contributed by atoms with E-state index in [9.17, 15) is 9.59 Å². The van der Waals surface area contributed by atoms with Gasteiger partial charge in [-0.05, 0) is 56.0 Å². The Labute approximate surface area is 185 Å². The lowest BCUT2D eigenvalue weighted by atomic mass is 9.95. The summed E-state index contributed by atoms with van der Waals surface area (Å²) in [6.07, 6.45) is 4.91. The zero-order valence-corrected chi connectivity index (χ0v) is 18.5. The van der Waals surface area contributed by atoms with Crippen LogP contribution >= 0.6 is 0 Å². The number of carbonyl (C=O) groups is 2. The Morgan fingerprint density at radius 1 is 1.03 bits per heavy atom. The molecule has 3 rings (SSSR count). The van der Waals surface area contributed by atoms with Crippen molar-refractivity contribution in [3.63, 3.8) is 0 Å². The molecule has 0 saturated carbocycles. The van der Waals surface area contributed by atoms with Crippen LogP contribution in [0.1, 0.15) is 37.8 Å².